The summed E-state index contributed by atoms with van der Waals surface area (Å²) in [6.07, 6.45) is 1.79. The highest BCUT2D eigenvalue weighted by Gasteiger charge is 2.12. The molecule has 1 aromatic heterocycles. The average molecular weight is 281 g/mol. The fourth-order valence-electron chi connectivity index (χ4n) is 2.40. The quantitative estimate of drug-likeness (QED) is 0.749. The van der Waals surface area contributed by atoms with Crippen LogP contribution in [0.25, 0.3) is 10.9 Å². The fourth-order valence-corrected chi connectivity index (χ4v) is 2.40. The van der Waals surface area contributed by atoms with Crippen molar-refractivity contribution in [1.82, 2.24) is 4.57 Å². The van der Waals surface area contributed by atoms with Crippen LogP contribution in [0.3, 0.4) is 0 Å². The number of fused-ring (bicyclic) bond motifs is 1. The Labute approximate surface area is 122 Å². The van der Waals surface area contributed by atoms with Crippen molar-refractivity contribution in [3.05, 3.63) is 60.3 Å². The Balaban J connectivity index is 2.08. The Morgan fingerprint density at radius 2 is 1.95 bits per heavy atom. The minimum absolute atomic E-state index is 0.147. The highest BCUT2D eigenvalue weighted by atomic mass is 16.5. The highest BCUT2D eigenvalue weighted by molar-refractivity contribution is 5.90. The van der Waals surface area contributed by atoms with Crippen LogP contribution in [-0.2, 0) is 11.3 Å². The number of phenols is 1. The molecule has 21 heavy (non-hydrogen) atoms. The van der Waals surface area contributed by atoms with Crippen molar-refractivity contribution < 1.29 is 14.6 Å². The number of benzene rings is 2. The molecule has 1 N–H and O–H groups in total. The van der Waals surface area contributed by atoms with Gasteiger partial charge in [-0.2, -0.15) is 0 Å². The largest absolute Gasteiger partial charge is 0.508 e. The molecule has 0 aliphatic carbocycles. The molecule has 0 saturated carbocycles. The van der Waals surface area contributed by atoms with Gasteiger partial charge >= 0.3 is 5.97 Å². The predicted molar refractivity (Wildman–Crippen MR) is 80.5 cm³/mol. The van der Waals surface area contributed by atoms with Gasteiger partial charge in [-0.25, -0.2) is 0 Å². The molecule has 0 spiro atoms. The molecular formula is C17H15NO3. The highest BCUT2D eigenvalue weighted by Crippen LogP contribution is 2.31. The van der Waals surface area contributed by atoms with Crippen molar-refractivity contribution >= 4 is 16.9 Å². The second-order valence-electron chi connectivity index (χ2n) is 4.90. The Kier molecular flexibility index (Phi) is 3.36. The van der Waals surface area contributed by atoms with Crippen LogP contribution in [0.1, 0.15) is 12.5 Å². The van der Waals surface area contributed by atoms with Crippen molar-refractivity contribution in [2.24, 2.45) is 0 Å². The maximum Gasteiger partial charge on any atom is 0.308 e. The van der Waals surface area contributed by atoms with Gasteiger partial charge in [-0.15, -0.1) is 0 Å². The molecule has 0 aliphatic rings. The van der Waals surface area contributed by atoms with E-state index < -0.39 is 0 Å². The second-order valence-corrected chi connectivity index (χ2v) is 4.90. The number of aromatic hydroxyl groups is 1. The number of nitrogens with zero attached hydrogens (tertiary/aromatic N) is 1. The molecule has 106 valence electrons. The van der Waals surface area contributed by atoms with E-state index in [1.165, 1.54) is 6.92 Å². The van der Waals surface area contributed by atoms with Gasteiger partial charge in [0.05, 0.1) is 5.52 Å². The minimum Gasteiger partial charge on any atom is -0.508 e. The summed E-state index contributed by atoms with van der Waals surface area (Å²) < 4.78 is 7.23. The topological polar surface area (TPSA) is 51.5 Å². The average Bonchev–Trinajstić information content (AvgIpc) is 2.77. The molecule has 4 heteroatoms. The Morgan fingerprint density at radius 1 is 1.19 bits per heavy atom. The minimum atomic E-state index is -0.378. The third kappa shape index (κ3) is 2.74. The molecule has 0 amide bonds. The van der Waals surface area contributed by atoms with Crippen LogP contribution in [0.15, 0.2) is 54.7 Å². The van der Waals surface area contributed by atoms with Crippen LogP contribution in [0.2, 0.25) is 0 Å². The molecule has 4 nitrogen and oxygen atoms in total. The van der Waals surface area contributed by atoms with E-state index >= 15 is 0 Å². The Hall–Kier alpha value is -2.75. The lowest BCUT2D eigenvalue weighted by Crippen LogP contribution is -2.01. The number of hydrogen-bond donors (Lipinski definition) is 1. The standard InChI is InChI=1S/C17H15NO3/c1-12(19)21-17-11-18(10-13-5-3-2-4-6-13)16-8-7-14(20)9-15(16)17/h2-9,11,20H,10H2,1H3. The van der Waals surface area contributed by atoms with Gasteiger partial charge in [-0.1, -0.05) is 30.3 Å². The van der Waals surface area contributed by atoms with Gasteiger partial charge in [0.2, 0.25) is 0 Å². The Bertz CT molecular complexity index is 790. The third-order valence-corrected chi connectivity index (χ3v) is 3.28. The zero-order valence-corrected chi connectivity index (χ0v) is 11.6. The molecule has 0 atom stereocenters. The van der Waals surface area contributed by atoms with Gasteiger partial charge in [0.1, 0.15) is 5.75 Å². The molecule has 0 unspecified atom stereocenters. The summed E-state index contributed by atoms with van der Waals surface area (Å²) in [5.74, 6) is 0.231. The van der Waals surface area contributed by atoms with Gasteiger partial charge in [-0.05, 0) is 23.8 Å². The van der Waals surface area contributed by atoms with E-state index in [1.54, 1.807) is 18.3 Å². The molecule has 3 aromatic rings. The van der Waals surface area contributed by atoms with Crippen molar-refractivity contribution in [3.8, 4) is 11.5 Å². The second kappa shape index (κ2) is 5.32. The van der Waals surface area contributed by atoms with E-state index in [4.69, 9.17) is 4.74 Å². The third-order valence-electron chi connectivity index (χ3n) is 3.28. The van der Waals surface area contributed by atoms with Gasteiger partial charge < -0.3 is 14.4 Å². The molecule has 0 aliphatic heterocycles. The Morgan fingerprint density at radius 3 is 2.67 bits per heavy atom. The van der Waals surface area contributed by atoms with E-state index in [1.807, 2.05) is 41.0 Å². The predicted octanol–water partition coefficient (Wildman–Crippen LogP) is 3.32. The first-order valence-electron chi connectivity index (χ1n) is 6.67. The summed E-state index contributed by atoms with van der Waals surface area (Å²) in [6.45, 7) is 2.03. The lowest BCUT2D eigenvalue weighted by molar-refractivity contribution is -0.131. The summed E-state index contributed by atoms with van der Waals surface area (Å²) in [5.41, 5.74) is 2.06. The summed E-state index contributed by atoms with van der Waals surface area (Å²) in [4.78, 5) is 11.2. The molecule has 1 heterocycles. The maximum absolute atomic E-state index is 11.2. The van der Waals surface area contributed by atoms with Crippen LogP contribution < -0.4 is 4.74 Å². The zero-order valence-electron chi connectivity index (χ0n) is 11.6. The van der Waals surface area contributed by atoms with Crippen molar-refractivity contribution in [2.75, 3.05) is 0 Å². The number of carbonyl (C=O) groups is 1. The normalized spacial score (nSPS) is 10.7. The van der Waals surface area contributed by atoms with Crippen LogP contribution >= 0.6 is 0 Å². The molecular weight excluding hydrogens is 266 g/mol. The number of carbonyl (C=O) groups excluding carboxylic acids is 1. The van der Waals surface area contributed by atoms with Crippen molar-refractivity contribution in [1.29, 1.82) is 0 Å². The van der Waals surface area contributed by atoms with Crippen LogP contribution in [0, 0.1) is 0 Å². The molecule has 0 bridgehead atoms. The van der Waals surface area contributed by atoms with Crippen molar-refractivity contribution in [2.45, 2.75) is 13.5 Å². The number of ether oxygens (including phenoxy) is 1. The van der Waals surface area contributed by atoms with Crippen LogP contribution in [0.5, 0.6) is 11.5 Å². The van der Waals surface area contributed by atoms with E-state index in [2.05, 4.69) is 0 Å². The molecule has 2 aromatic carbocycles. The van der Waals surface area contributed by atoms with Gasteiger partial charge in [0.15, 0.2) is 5.75 Å². The fraction of sp³-hybridized carbons (Fsp3) is 0.118. The monoisotopic (exact) mass is 281 g/mol. The van der Waals surface area contributed by atoms with Crippen LogP contribution in [-0.4, -0.2) is 15.6 Å². The first-order chi connectivity index (χ1) is 10.1. The summed E-state index contributed by atoms with van der Waals surface area (Å²) in [5, 5.41) is 10.4. The number of aromatic nitrogens is 1. The maximum atomic E-state index is 11.2. The van der Waals surface area contributed by atoms with Gasteiger partial charge in [0.25, 0.3) is 0 Å². The van der Waals surface area contributed by atoms with E-state index in [0.29, 0.717) is 12.3 Å². The lowest BCUT2D eigenvalue weighted by Gasteiger charge is -2.05. The number of hydrogen-bond acceptors (Lipinski definition) is 3. The summed E-state index contributed by atoms with van der Waals surface area (Å²) >= 11 is 0. The molecule has 0 radical (unpaired) electrons. The number of phenolic OH excluding ortho intramolecular Hbond substituents is 1. The molecule has 3 rings (SSSR count). The first kappa shape index (κ1) is 13.2. The SMILES string of the molecule is CC(=O)Oc1cn(Cc2ccccc2)c2ccc(O)cc12. The van der Waals surface area contributed by atoms with E-state index in [9.17, 15) is 9.90 Å². The van der Waals surface area contributed by atoms with E-state index in [-0.39, 0.29) is 11.7 Å². The summed E-state index contributed by atoms with van der Waals surface area (Å²) in [6, 6.07) is 15.1. The molecule has 0 saturated heterocycles. The first-order valence-corrected chi connectivity index (χ1v) is 6.67. The summed E-state index contributed by atoms with van der Waals surface area (Å²) in [7, 11) is 0. The lowest BCUT2D eigenvalue weighted by atomic mass is 10.2. The molecule has 0 fully saturated rings. The van der Waals surface area contributed by atoms with Crippen molar-refractivity contribution in [3.63, 3.8) is 0 Å². The van der Waals surface area contributed by atoms with Gasteiger partial charge in [-0.3, -0.25) is 4.79 Å². The van der Waals surface area contributed by atoms with E-state index in [0.717, 1.165) is 16.5 Å². The van der Waals surface area contributed by atoms with Gasteiger partial charge in [0, 0.05) is 25.1 Å². The zero-order chi connectivity index (χ0) is 14.8. The van der Waals surface area contributed by atoms with Crippen LogP contribution in [0.4, 0.5) is 0 Å². The smallest absolute Gasteiger partial charge is 0.308 e. The number of esters is 1. The number of rotatable bonds is 3.